The minimum atomic E-state index is -0.199. The Hall–Kier alpha value is -0.610. The zero-order valence-electron chi connectivity index (χ0n) is 11.2. The fourth-order valence-electron chi connectivity index (χ4n) is 2.74. The van der Waals surface area contributed by atoms with E-state index < -0.39 is 0 Å². The highest BCUT2D eigenvalue weighted by molar-refractivity contribution is 5.82. The number of likely N-dealkylation sites (tertiary alicyclic amines) is 1. The van der Waals surface area contributed by atoms with Crippen LogP contribution in [0.3, 0.4) is 0 Å². The molecule has 0 aromatic rings. The molecule has 4 nitrogen and oxygen atoms in total. The van der Waals surface area contributed by atoms with E-state index in [-0.39, 0.29) is 16.9 Å². The van der Waals surface area contributed by atoms with Crippen molar-refractivity contribution in [3.8, 4) is 0 Å². The largest absolute Gasteiger partial charge is 0.377 e. The van der Waals surface area contributed by atoms with E-state index in [9.17, 15) is 4.79 Å². The Kier molecular flexibility index (Phi) is 3.21. The lowest BCUT2D eigenvalue weighted by molar-refractivity contribution is -0.138. The van der Waals surface area contributed by atoms with E-state index in [1.807, 2.05) is 4.90 Å². The van der Waals surface area contributed by atoms with Crippen LogP contribution in [0.2, 0.25) is 0 Å². The minimum absolute atomic E-state index is 0.199. The predicted octanol–water partition coefficient (Wildman–Crippen LogP) is 0.999. The van der Waals surface area contributed by atoms with E-state index in [0.717, 1.165) is 32.4 Å². The van der Waals surface area contributed by atoms with Gasteiger partial charge in [-0.25, -0.2) is 0 Å². The van der Waals surface area contributed by atoms with Gasteiger partial charge in [0, 0.05) is 32.7 Å². The van der Waals surface area contributed by atoms with Crippen LogP contribution < -0.4 is 5.73 Å². The Labute approximate surface area is 103 Å². The van der Waals surface area contributed by atoms with Crippen LogP contribution in [0.4, 0.5) is 0 Å². The van der Waals surface area contributed by atoms with E-state index in [0.29, 0.717) is 12.5 Å². The number of hydrogen-bond acceptors (Lipinski definition) is 3. The van der Waals surface area contributed by atoms with Gasteiger partial charge in [0.15, 0.2) is 0 Å². The van der Waals surface area contributed by atoms with Crippen molar-refractivity contribution < 1.29 is 9.53 Å². The van der Waals surface area contributed by atoms with E-state index in [2.05, 4.69) is 13.8 Å². The topological polar surface area (TPSA) is 55.6 Å². The fraction of sp³-hybridized carbons (Fsp3) is 0.923. The highest BCUT2D eigenvalue weighted by Gasteiger charge is 2.52. The van der Waals surface area contributed by atoms with Crippen LogP contribution >= 0.6 is 0 Å². The molecule has 4 heteroatoms. The number of carbonyl (C=O) groups excluding carboxylic acids is 1. The molecule has 0 bridgehead atoms. The van der Waals surface area contributed by atoms with E-state index >= 15 is 0 Å². The van der Waals surface area contributed by atoms with E-state index in [1.165, 1.54) is 0 Å². The second-order valence-corrected chi connectivity index (χ2v) is 6.16. The van der Waals surface area contributed by atoms with Gasteiger partial charge in [0.1, 0.15) is 0 Å². The maximum Gasteiger partial charge on any atom is 0.226 e. The molecule has 1 aliphatic heterocycles. The van der Waals surface area contributed by atoms with Crippen molar-refractivity contribution in [1.29, 1.82) is 0 Å². The molecule has 0 spiro atoms. The quantitative estimate of drug-likeness (QED) is 0.800. The summed E-state index contributed by atoms with van der Waals surface area (Å²) in [4.78, 5) is 14.2. The molecule has 1 amide bonds. The number of ether oxygens (including phenoxy) is 1. The molecule has 0 aromatic carbocycles. The summed E-state index contributed by atoms with van der Waals surface area (Å²) in [5.74, 6) is 0.576. The number of methoxy groups -OCH3 is 1. The molecule has 1 saturated heterocycles. The second-order valence-electron chi connectivity index (χ2n) is 6.16. The molecule has 2 aliphatic rings. The number of carbonyl (C=O) groups is 1. The molecule has 17 heavy (non-hydrogen) atoms. The van der Waals surface area contributed by atoms with Crippen molar-refractivity contribution in [3.63, 3.8) is 0 Å². The number of nitrogens with zero attached hydrogens (tertiary/aromatic N) is 1. The van der Waals surface area contributed by atoms with Crippen molar-refractivity contribution in [3.05, 3.63) is 0 Å². The molecule has 0 radical (unpaired) electrons. The van der Waals surface area contributed by atoms with Gasteiger partial charge in [-0.05, 0) is 24.7 Å². The lowest BCUT2D eigenvalue weighted by Crippen LogP contribution is -2.51. The summed E-state index contributed by atoms with van der Waals surface area (Å²) < 4.78 is 5.51. The molecule has 1 heterocycles. The number of piperidine rings is 1. The Bertz CT molecular complexity index is 301. The third-order valence-electron chi connectivity index (χ3n) is 4.60. The first-order valence-corrected chi connectivity index (χ1v) is 6.48. The van der Waals surface area contributed by atoms with Crippen LogP contribution in [0, 0.1) is 11.3 Å². The van der Waals surface area contributed by atoms with Crippen molar-refractivity contribution in [1.82, 2.24) is 4.90 Å². The first-order valence-electron chi connectivity index (χ1n) is 6.48. The maximum atomic E-state index is 12.2. The molecular formula is C13H24N2O2. The van der Waals surface area contributed by atoms with Gasteiger partial charge in [0.2, 0.25) is 5.91 Å². The molecular weight excluding hydrogens is 216 g/mol. The first kappa shape index (κ1) is 12.8. The first-order chi connectivity index (χ1) is 7.94. The molecule has 1 aliphatic carbocycles. The normalized spacial score (nSPS) is 30.1. The van der Waals surface area contributed by atoms with Crippen LogP contribution in [-0.2, 0) is 9.53 Å². The van der Waals surface area contributed by atoms with E-state index in [1.54, 1.807) is 7.11 Å². The number of nitrogens with two attached hydrogens (primary N) is 1. The van der Waals surface area contributed by atoms with Gasteiger partial charge in [-0.3, -0.25) is 4.79 Å². The molecule has 2 rings (SSSR count). The lowest BCUT2D eigenvalue weighted by Gasteiger charge is -2.40. The zero-order chi connectivity index (χ0) is 12.7. The average Bonchev–Trinajstić information content (AvgIpc) is 2.98. The van der Waals surface area contributed by atoms with Gasteiger partial charge in [-0.1, -0.05) is 13.8 Å². The van der Waals surface area contributed by atoms with Crippen LogP contribution in [0.5, 0.6) is 0 Å². The summed E-state index contributed by atoms with van der Waals surface area (Å²) in [6.07, 6.45) is 2.76. The standard InChI is InChI=1S/C13H24N2O2/c1-12(2)8-10(12)11(16)15-6-4-13(9-14,17-3)5-7-15/h10H,4-9,14H2,1-3H3. The van der Waals surface area contributed by atoms with Gasteiger partial charge in [0.05, 0.1) is 5.60 Å². The zero-order valence-corrected chi connectivity index (χ0v) is 11.2. The Morgan fingerprint density at radius 2 is 1.94 bits per heavy atom. The minimum Gasteiger partial charge on any atom is -0.377 e. The second kappa shape index (κ2) is 4.25. The van der Waals surface area contributed by atoms with Crippen molar-refractivity contribution >= 4 is 5.91 Å². The SMILES string of the molecule is COC1(CN)CCN(C(=O)C2CC2(C)C)CC1. The molecule has 1 unspecified atom stereocenters. The maximum absolute atomic E-state index is 12.2. The summed E-state index contributed by atoms with van der Waals surface area (Å²) in [6.45, 7) is 6.45. The Morgan fingerprint density at radius 3 is 2.29 bits per heavy atom. The van der Waals surface area contributed by atoms with Crippen molar-refractivity contribution in [2.24, 2.45) is 17.1 Å². The summed E-state index contributed by atoms with van der Waals surface area (Å²) in [6, 6.07) is 0. The number of hydrogen-bond donors (Lipinski definition) is 1. The number of amides is 1. The summed E-state index contributed by atoms with van der Waals surface area (Å²) in [7, 11) is 1.72. The van der Waals surface area contributed by atoms with Gasteiger partial charge < -0.3 is 15.4 Å². The highest BCUT2D eigenvalue weighted by Crippen LogP contribution is 2.52. The molecule has 1 saturated carbocycles. The third kappa shape index (κ3) is 2.33. The third-order valence-corrected chi connectivity index (χ3v) is 4.60. The monoisotopic (exact) mass is 240 g/mol. The fourth-order valence-corrected chi connectivity index (χ4v) is 2.74. The van der Waals surface area contributed by atoms with E-state index in [4.69, 9.17) is 10.5 Å². The summed E-state index contributed by atoms with van der Waals surface area (Å²) in [5, 5.41) is 0. The van der Waals surface area contributed by atoms with Gasteiger partial charge in [0.25, 0.3) is 0 Å². The van der Waals surface area contributed by atoms with Crippen LogP contribution in [0.1, 0.15) is 33.1 Å². The smallest absolute Gasteiger partial charge is 0.226 e. The average molecular weight is 240 g/mol. The molecule has 98 valence electrons. The molecule has 2 fully saturated rings. The van der Waals surface area contributed by atoms with Crippen molar-refractivity contribution in [2.45, 2.75) is 38.7 Å². The van der Waals surface area contributed by atoms with Crippen LogP contribution in [0.25, 0.3) is 0 Å². The van der Waals surface area contributed by atoms with Gasteiger partial charge in [-0.2, -0.15) is 0 Å². The van der Waals surface area contributed by atoms with Crippen LogP contribution in [0.15, 0.2) is 0 Å². The van der Waals surface area contributed by atoms with Gasteiger partial charge >= 0.3 is 0 Å². The molecule has 1 atom stereocenters. The van der Waals surface area contributed by atoms with Crippen molar-refractivity contribution in [2.75, 3.05) is 26.7 Å². The summed E-state index contributed by atoms with van der Waals surface area (Å²) >= 11 is 0. The highest BCUT2D eigenvalue weighted by atomic mass is 16.5. The predicted molar refractivity (Wildman–Crippen MR) is 66.5 cm³/mol. The van der Waals surface area contributed by atoms with Crippen LogP contribution in [-0.4, -0.2) is 43.2 Å². The molecule has 2 N–H and O–H groups in total. The lowest BCUT2D eigenvalue weighted by atomic mass is 9.91. The molecule has 0 aromatic heterocycles. The Morgan fingerprint density at radius 1 is 1.41 bits per heavy atom. The Balaban J connectivity index is 1.89. The van der Waals surface area contributed by atoms with Gasteiger partial charge in [-0.15, -0.1) is 0 Å². The summed E-state index contributed by atoms with van der Waals surface area (Å²) in [5.41, 5.74) is 5.78. The number of rotatable bonds is 3.